The fourth-order valence-electron chi connectivity index (χ4n) is 1.99. The van der Waals surface area contributed by atoms with E-state index in [9.17, 15) is 5.11 Å². The van der Waals surface area contributed by atoms with Crippen molar-refractivity contribution in [2.75, 3.05) is 6.61 Å². The highest BCUT2D eigenvalue weighted by Gasteiger charge is 2.10. The van der Waals surface area contributed by atoms with Gasteiger partial charge in [-0.2, -0.15) is 4.98 Å². The summed E-state index contributed by atoms with van der Waals surface area (Å²) < 4.78 is 10.8. The van der Waals surface area contributed by atoms with Gasteiger partial charge in [-0.25, -0.2) is 0 Å². The molecule has 0 unspecified atom stereocenters. The first-order valence-corrected chi connectivity index (χ1v) is 7.06. The van der Waals surface area contributed by atoms with Crippen molar-refractivity contribution < 1.29 is 14.4 Å². The number of phenolic OH excluding ortho intramolecular Hbond substituents is 1. The SMILES string of the molecule is C#CCCOc1ccc(-c2noc(-c3ccc(O)cc3)n2)cc1. The maximum atomic E-state index is 9.30. The molecule has 0 spiro atoms. The van der Waals surface area contributed by atoms with Crippen molar-refractivity contribution in [1.29, 1.82) is 0 Å². The molecule has 1 N–H and O–H groups in total. The van der Waals surface area contributed by atoms with Gasteiger partial charge >= 0.3 is 0 Å². The lowest BCUT2D eigenvalue weighted by Gasteiger charge is -2.03. The molecule has 0 aliphatic carbocycles. The van der Waals surface area contributed by atoms with Crippen molar-refractivity contribution in [2.24, 2.45) is 0 Å². The molecule has 0 amide bonds. The number of hydrogen-bond donors (Lipinski definition) is 1. The van der Waals surface area contributed by atoms with Gasteiger partial charge in [-0.15, -0.1) is 12.3 Å². The Morgan fingerprint density at radius 2 is 1.74 bits per heavy atom. The number of terminal acetylenes is 1. The third-order valence-corrected chi connectivity index (χ3v) is 3.17. The zero-order valence-electron chi connectivity index (χ0n) is 12.3. The molecular weight excluding hydrogens is 292 g/mol. The van der Waals surface area contributed by atoms with Crippen LogP contribution in [0.3, 0.4) is 0 Å². The average Bonchev–Trinajstić information content (AvgIpc) is 3.06. The molecule has 0 atom stereocenters. The first-order chi connectivity index (χ1) is 11.3. The van der Waals surface area contributed by atoms with Crippen LogP contribution in [-0.2, 0) is 0 Å². The Kier molecular flexibility index (Phi) is 4.25. The lowest BCUT2D eigenvalue weighted by atomic mass is 10.2. The molecule has 0 radical (unpaired) electrons. The van der Waals surface area contributed by atoms with Gasteiger partial charge in [0.25, 0.3) is 5.89 Å². The van der Waals surface area contributed by atoms with Crippen LogP contribution in [0.15, 0.2) is 53.1 Å². The largest absolute Gasteiger partial charge is 0.508 e. The topological polar surface area (TPSA) is 68.4 Å². The highest BCUT2D eigenvalue weighted by Crippen LogP contribution is 2.25. The lowest BCUT2D eigenvalue weighted by molar-refractivity contribution is 0.327. The van der Waals surface area contributed by atoms with E-state index in [0.29, 0.717) is 24.7 Å². The van der Waals surface area contributed by atoms with E-state index in [1.54, 1.807) is 24.3 Å². The van der Waals surface area contributed by atoms with Crippen LogP contribution in [0.4, 0.5) is 0 Å². The van der Waals surface area contributed by atoms with Gasteiger partial charge in [-0.1, -0.05) is 5.16 Å². The van der Waals surface area contributed by atoms with Crippen molar-refractivity contribution >= 4 is 0 Å². The van der Waals surface area contributed by atoms with Crippen LogP contribution >= 0.6 is 0 Å². The van der Waals surface area contributed by atoms with E-state index in [1.807, 2.05) is 24.3 Å². The molecule has 3 rings (SSSR count). The van der Waals surface area contributed by atoms with Crippen LogP contribution < -0.4 is 4.74 Å². The molecular formula is C18H14N2O3. The predicted octanol–water partition coefficient (Wildman–Crippen LogP) is 3.51. The Morgan fingerprint density at radius 3 is 2.43 bits per heavy atom. The fraction of sp³-hybridized carbons (Fsp3) is 0.111. The summed E-state index contributed by atoms with van der Waals surface area (Å²) in [7, 11) is 0. The summed E-state index contributed by atoms with van der Waals surface area (Å²) in [4.78, 5) is 4.36. The molecule has 0 fully saturated rings. The zero-order valence-corrected chi connectivity index (χ0v) is 12.3. The van der Waals surface area contributed by atoms with Crippen LogP contribution in [0.25, 0.3) is 22.8 Å². The van der Waals surface area contributed by atoms with Crippen LogP contribution in [0.5, 0.6) is 11.5 Å². The van der Waals surface area contributed by atoms with E-state index in [1.165, 1.54) is 0 Å². The molecule has 5 heteroatoms. The molecule has 1 aromatic heterocycles. The maximum Gasteiger partial charge on any atom is 0.258 e. The van der Waals surface area contributed by atoms with Gasteiger partial charge in [0.2, 0.25) is 5.82 Å². The van der Waals surface area contributed by atoms with Gasteiger partial charge in [0.1, 0.15) is 11.5 Å². The first-order valence-electron chi connectivity index (χ1n) is 7.06. The summed E-state index contributed by atoms with van der Waals surface area (Å²) in [6, 6.07) is 14.0. The summed E-state index contributed by atoms with van der Waals surface area (Å²) >= 11 is 0. The van der Waals surface area contributed by atoms with Crippen LogP contribution in [-0.4, -0.2) is 21.9 Å². The highest BCUT2D eigenvalue weighted by atomic mass is 16.5. The van der Waals surface area contributed by atoms with Crippen molar-refractivity contribution in [1.82, 2.24) is 10.1 Å². The van der Waals surface area contributed by atoms with Gasteiger partial charge in [-0.3, -0.25) is 0 Å². The number of aromatic nitrogens is 2. The van der Waals surface area contributed by atoms with E-state index in [0.717, 1.165) is 16.9 Å². The van der Waals surface area contributed by atoms with Crippen molar-refractivity contribution in [2.45, 2.75) is 6.42 Å². The number of aromatic hydroxyl groups is 1. The molecule has 114 valence electrons. The van der Waals surface area contributed by atoms with E-state index < -0.39 is 0 Å². The Balaban J connectivity index is 1.75. The number of nitrogens with zero attached hydrogens (tertiary/aromatic N) is 2. The van der Waals surface area contributed by atoms with E-state index in [2.05, 4.69) is 16.1 Å². The molecule has 0 saturated heterocycles. The second-order valence-electron chi connectivity index (χ2n) is 4.80. The molecule has 23 heavy (non-hydrogen) atoms. The standard InChI is InChI=1S/C18H14N2O3/c1-2-3-12-22-16-10-6-13(7-11-16)17-19-18(23-20-17)14-4-8-15(21)9-5-14/h1,4-11,21H,3,12H2. The van der Waals surface area contributed by atoms with Crippen molar-refractivity contribution in [3.8, 4) is 46.7 Å². The maximum absolute atomic E-state index is 9.30. The molecule has 1 heterocycles. The average molecular weight is 306 g/mol. The third-order valence-electron chi connectivity index (χ3n) is 3.17. The van der Waals surface area contributed by atoms with E-state index >= 15 is 0 Å². The lowest BCUT2D eigenvalue weighted by Crippen LogP contribution is -1.95. The van der Waals surface area contributed by atoms with Gasteiger partial charge in [-0.05, 0) is 48.5 Å². The molecule has 2 aromatic carbocycles. The molecule has 5 nitrogen and oxygen atoms in total. The molecule has 0 aliphatic rings. The molecule has 0 aliphatic heterocycles. The van der Waals surface area contributed by atoms with Crippen molar-refractivity contribution in [3.63, 3.8) is 0 Å². The minimum atomic E-state index is 0.189. The van der Waals surface area contributed by atoms with Gasteiger partial charge in [0, 0.05) is 17.5 Å². The minimum Gasteiger partial charge on any atom is -0.508 e. The molecule has 0 bridgehead atoms. The third kappa shape index (κ3) is 3.50. The van der Waals surface area contributed by atoms with Gasteiger partial charge < -0.3 is 14.4 Å². The number of phenols is 1. The number of ether oxygens (including phenoxy) is 1. The quantitative estimate of drug-likeness (QED) is 0.577. The summed E-state index contributed by atoms with van der Waals surface area (Å²) in [6.45, 7) is 0.489. The Morgan fingerprint density at radius 1 is 1.04 bits per heavy atom. The second-order valence-corrected chi connectivity index (χ2v) is 4.80. The summed E-state index contributed by atoms with van der Waals surface area (Å²) in [5.41, 5.74) is 1.57. The smallest absolute Gasteiger partial charge is 0.258 e. The number of benzene rings is 2. The normalized spacial score (nSPS) is 10.2. The van der Waals surface area contributed by atoms with Crippen LogP contribution in [0.1, 0.15) is 6.42 Å². The predicted molar refractivity (Wildman–Crippen MR) is 85.8 cm³/mol. The highest BCUT2D eigenvalue weighted by molar-refractivity contribution is 5.60. The Bertz CT molecular complexity index is 815. The number of hydrogen-bond acceptors (Lipinski definition) is 5. The van der Waals surface area contributed by atoms with Gasteiger partial charge in [0.15, 0.2) is 0 Å². The fourth-order valence-corrected chi connectivity index (χ4v) is 1.99. The van der Waals surface area contributed by atoms with Gasteiger partial charge in [0.05, 0.1) is 6.61 Å². The number of rotatable bonds is 5. The second kappa shape index (κ2) is 6.67. The monoisotopic (exact) mass is 306 g/mol. The Hall–Kier alpha value is -3.26. The van der Waals surface area contributed by atoms with Crippen LogP contribution in [0.2, 0.25) is 0 Å². The summed E-state index contributed by atoms with van der Waals surface area (Å²) in [6.07, 6.45) is 5.75. The minimum absolute atomic E-state index is 0.189. The first kappa shape index (κ1) is 14.7. The summed E-state index contributed by atoms with van der Waals surface area (Å²) in [5.74, 6) is 4.34. The van der Waals surface area contributed by atoms with Crippen LogP contribution in [0, 0.1) is 12.3 Å². The van der Waals surface area contributed by atoms with E-state index in [4.69, 9.17) is 15.7 Å². The van der Waals surface area contributed by atoms with Crippen molar-refractivity contribution in [3.05, 3.63) is 48.5 Å². The zero-order chi connectivity index (χ0) is 16.1. The molecule has 0 saturated carbocycles. The van der Waals surface area contributed by atoms with E-state index in [-0.39, 0.29) is 5.75 Å². The molecule has 3 aromatic rings. The summed E-state index contributed by atoms with van der Waals surface area (Å²) in [5, 5.41) is 13.3. The Labute approximate surface area is 133 Å².